The Labute approximate surface area is 132 Å². The molecule has 2 aromatic rings. The van der Waals surface area contributed by atoms with E-state index in [-0.39, 0.29) is 17.4 Å². The first-order chi connectivity index (χ1) is 11.2. The molecule has 8 heteroatoms. The van der Waals surface area contributed by atoms with Crippen LogP contribution in [0.15, 0.2) is 11.0 Å². The lowest BCUT2D eigenvalue weighted by Gasteiger charge is -2.32. The molecule has 23 heavy (non-hydrogen) atoms. The molecule has 2 fully saturated rings. The van der Waals surface area contributed by atoms with Gasteiger partial charge in [-0.15, -0.1) is 0 Å². The number of carbonyl (C=O) groups is 1. The molecule has 0 spiro atoms. The van der Waals surface area contributed by atoms with E-state index in [0.717, 1.165) is 25.9 Å². The van der Waals surface area contributed by atoms with Crippen molar-refractivity contribution >= 4 is 22.9 Å². The van der Waals surface area contributed by atoms with E-state index >= 15 is 0 Å². The minimum absolute atomic E-state index is 0.0507. The molecular weight excluding hydrogens is 296 g/mol. The van der Waals surface area contributed by atoms with Crippen LogP contribution in [0.5, 0.6) is 0 Å². The van der Waals surface area contributed by atoms with Crippen molar-refractivity contribution in [2.24, 2.45) is 11.8 Å². The summed E-state index contributed by atoms with van der Waals surface area (Å²) < 4.78 is 0. The molecule has 0 aromatic carbocycles. The van der Waals surface area contributed by atoms with Gasteiger partial charge in [0, 0.05) is 19.6 Å². The van der Waals surface area contributed by atoms with E-state index in [0.29, 0.717) is 29.4 Å². The van der Waals surface area contributed by atoms with Crippen molar-refractivity contribution < 1.29 is 4.79 Å². The van der Waals surface area contributed by atoms with Gasteiger partial charge >= 0.3 is 0 Å². The van der Waals surface area contributed by atoms with Gasteiger partial charge < -0.3 is 10.2 Å². The lowest BCUT2D eigenvalue weighted by atomic mass is 9.97. The van der Waals surface area contributed by atoms with Gasteiger partial charge in [-0.3, -0.25) is 19.7 Å². The van der Waals surface area contributed by atoms with Gasteiger partial charge in [0.2, 0.25) is 11.9 Å². The average molecular weight is 316 g/mol. The molecule has 1 atom stereocenters. The lowest BCUT2D eigenvalue weighted by molar-refractivity contribution is -0.125. The van der Waals surface area contributed by atoms with Crippen molar-refractivity contribution in [1.82, 2.24) is 25.5 Å². The highest BCUT2D eigenvalue weighted by Crippen LogP contribution is 2.28. The van der Waals surface area contributed by atoms with Crippen LogP contribution in [0.4, 0.5) is 5.95 Å². The number of anilines is 1. The van der Waals surface area contributed by atoms with Gasteiger partial charge in [0.15, 0.2) is 5.65 Å². The van der Waals surface area contributed by atoms with Crippen molar-refractivity contribution in [3.05, 3.63) is 16.6 Å². The normalized spacial score (nSPS) is 21.6. The summed E-state index contributed by atoms with van der Waals surface area (Å²) in [4.78, 5) is 33.5. The SMILES string of the molecule is O=C(NCC1CC1)C1CCCN(c2nc3[nH]ncc3c(=O)[nH]2)C1. The number of nitrogens with zero attached hydrogens (tertiary/aromatic N) is 3. The summed E-state index contributed by atoms with van der Waals surface area (Å²) in [6.07, 6.45) is 5.71. The summed E-state index contributed by atoms with van der Waals surface area (Å²) in [6, 6.07) is 0. The molecule has 1 saturated heterocycles. The number of hydrogen-bond acceptors (Lipinski definition) is 5. The van der Waals surface area contributed by atoms with E-state index in [9.17, 15) is 9.59 Å². The van der Waals surface area contributed by atoms with E-state index in [4.69, 9.17) is 0 Å². The Morgan fingerprint density at radius 2 is 2.26 bits per heavy atom. The van der Waals surface area contributed by atoms with Crippen molar-refractivity contribution in [1.29, 1.82) is 0 Å². The fraction of sp³-hybridized carbons (Fsp3) is 0.600. The van der Waals surface area contributed by atoms with Crippen molar-refractivity contribution in [3.63, 3.8) is 0 Å². The predicted molar refractivity (Wildman–Crippen MR) is 85.2 cm³/mol. The highest BCUT2D eigenvalue weighted by molar-refractivity contribution is 5.79. The Bertz CT molecular complexity index is 778. The number of fused-ring (bicyclic) bond motifs is 1. The number of H-pyrrole nitrogens is 2. The van der Waals surface area contributed by atoms with Crippen LogP contribution in [0, 0.1) is 11.8 Å². The summed E-state index contributed by atoms with van der Waals surface area (Å²) in [6.45, 7) is 2.17. The minimum atomic E-state index is -0.209. The summed E-state index contributed by atoms with van der Waals surface area (Å²) in [5, 5.41) is 10.1. The van der Waals surface area contributed by atoms with Gasteiger partial charge in [-0.1, -0.05) is 0 Å². The molecule has 0 bridgehead atoms. The van der Waals surface area contributed by atoms with E-state index in [1.165, 1.54) is 19.0 Å². The first kappa shape index (κ1) is 14.2. The van der Waals surface area contributed by atoms with E-state index < -0.39 is 0 Å². The molecule has 122 valence electrons. The predicted octanol–water partition coefficient (Wildman–Crippen LogP) is 0.389. The zero-order valence-electron chi connectivity index (χ0n) is 12.8. The lowest BCUT2D eigenvalue weighted by Crippen LogP contribution is -2.44. The van der Waals surface area contributed by atoms with Crippen LogP contribution in [0.1, 0.15) is 25.7 Å². The molecule has 0 radical (unpaired) electrons. The molecule has 1 aliphatic heterocycles. The van der Waals surface area contributed by atoms with Gasteiger partial charge in [-0.25, -0.2) is 0 Å². The maximum atomic E-state index is 12.3. The monoisotopic (exact) mass is 316 g/mol. The van der Waals surface area contributed by atoms with Crippen LogP contribution in [0.3, 0.4) is 0 Å². The van der Waals surface area contributed by atoms with E-state index in [1.54, 1.807) is 0 Å². The topological polar surface area (TPSA) is 107 Å². The molecule has 1 unspecified atom stereocenters. The Kier molecular flexibility index (Phi) is 3.51. The van der Waals surface area contributed by atoms with Crippen LogP contribution in [0.25, 0.3) is 11.0 Å². The molecule has 3 heterocycles. The van der Waals surface area contributed by atoms with E-state index in [1.807, 2.05) is 4.90 Å². The molecule has 1 amide bonds. The highest BCUT2D eigenvalue weighted by Gasteiger charge is 2.29. The first-order valence-electron chi connectivity index (χ1n) is 8.17. The quantitative estimate of drug-likeness (QED) is 0.756. The summed E-state index contributed by atoms with van der Waals surface area (Å²) in [5.74, 6) is 1.25. The Hall–Kier alpha value is -2.38. The van der Waals surface area contributed by atoms with Crippen LogP contribution in [0.2, 0.25) is 0 Å². The molecule has 2 aromatic heterocycles. The first-order valence-corrected chi connectivity index (χ1v) is 8.17. The number of piperidine rings is 1. The summed E-state index contributed by atoms with van der Waals surface area (Å²) >= 11 is 0. The zero-order valence-corrected chi connectivity index (χ0v) is 12.8. The number of aromatic nitrogens is 4. The zero-order chi connectivity index (χ0) is 15.8. The fourth-order valence-electron chi connectivity index (χ4n) is 3.08. The second-order valence-electron chi connectivity index (χ2n) is 6.50. The molecule has 1 aliphatic carbocycles. The Morgan fingerprint density at radius 3 is 3.09 bits per heavy atom. The maximum absolute atomic E-state index is 12.3. The highest BCUT2D eigenvalue weighted by atomic mass is 16.2. The third-order valence-electron chi connectivity index (χ3n) is 4.66. The molecule has 8 nitrogen and oxygen atoms in total. The Balaban J connectivity index is 1.48. The van der Waals surface area contributed by atoms with Crippen LogP contribution < -0.4 is 15.8 Å². The minimum Gasteiger partial charge on any atom is -0.356 e. The summed E-state index contributed by atoms with van der Waals surface area (Å²) in [5.41, 5.74) is 0.267. The number of nitrogens with one attached hydrogen (secondary N) is 3. The maximum Gasteiger partial charge on any atom is 0.263 e. The number of amides is 1. The molecule has 4 rings (SSSR count). The van der Waals surface area contributed by atoms with Crippen LogP contribution >= 0.6 is 0 Å². The van der Waals surface area contributed by atoms with Gasteiger partial charge in [-0.05, 0) is 31.6 Å². The summed E-state index contributed by atoms with van der Waals surface area (Å²) in [7, 11) is 0. The number of aromatic amines is 2. The van der Waals surface area contributed by atoms with Crippen LogP contribution in [-0.2, 0) is 4.79 Å². The van der Waals surface area contributed by atoms with Gasteiger partial charge in [0.1, 0.15) is 5.39 Å². The van der Waals surface area contributed by atoms with Crippen molar-refractivity contribution in [3.8, 4) is 0 Å². The third kappa shape index (κ3) is 2.93. The molecule has 2 aliphatic rings. The van der Waals surface area contributed by atoms with Crippen LogP contribution in [-0.4, -0.2) is 45.7 Å². The Morgan fingerprint density at radius 1 is 1.39 bits per heavy atom. The van der Waals surface area contributed by atoms with Gasteiger partial charge in [-0.2, -0.15) is 10.1 Å². The third-order valence-corrected chi connectivity index (χ3v) is 4.66. The average Bonchev–Trinajstić information content (AvgIpc) is 3.28. The standard InChI is InChI=1S/C15H20N6O2/c22-13(16-6-9-3-4-9)10-2-1-5-21(8-10)15-18-12-11(7-17-20-12)14(23)19-15/h7,9-10H,1-6,8H2,(H,16,22)(H2,17,18,19,20,23). The molecule has 3 N–H and O–H groups in total. The van der Waals surface area contributed by atoms with Crippen molar-refractivity contribution in [2.45, 2.75) is 25.7 Å². The number of hydrogen-bond donors (Lipinski definition) is 3. The van der Waals surface area contributed by atoms with E-state index in [2.05, 4.69) is 25.5 Å². The largest absolute Gasteiger partial charge is 0.356 e. The van der Waals surface area contributed by atoms with Crippen molar-refractivity contribution in [2.75, 3.05) is 24.5 Å². The smallest absolute Gasteiger partial charge is 0.263 e. The molecule has 1 saturated carbocycles. The fourth-order valence-corrected chi connectivity index (χ4v) is 3.08. The second kappa shape index (κ2) is 5.68. The second-order valence-corrected chi connectivity index (χ2v) is 6.50. The number of rotatable bonds is 4. The van der Waals surface area contributed by atoms with Gasteiger partial charge in [0.25, 0.3) is 5.56 Å². The van der Waals surface area contributed by atoms with Gasteiger partial charge in [0.05, 0.1) is 12.1 Å². The number of carbonyl (C=O) groups excluding carboxylic acids is 1. The molecular formula is C15H20N6O2.